The minimum absolute atomic E-state index is 0.0269. The Balaban J connectivity index is 1.43. The normalized spacial score (nSPS) is 19.6. The highest BCUT2D eigenvalue weighted by Crippen LogP contribution is 2.28. The van der Waals surface area contributed by atoms with Crippen molar-refractivity contribution in [2.75, 3.05) is 19.6 Å². The molecule has 0 N–H and O–H groups in total. The topological polar surface area (TPSA) is 40.6 Å². The number of ketones is 1. The van der Waals surface area contributed by atoms with E-state index in [1.54, 1.807) is 19.1 Å². The molecule has 4 nitrogen and oxygen atoms in total. The van der Waals surface area contributed by atoms with Gasteiger partial charge in [-0.1, -0.05) is 25.0 Å². The first-order valence-electron chi connectivity index (χ1n) is 12.3. The van der Waals surface area contributed by atoms with Crippen LogP contribution < -0.4 is 0 Å². The zero-order chi connectivity index (χ0) is 24.4. The highest BCUT2D eigenvalue weighted by molar-refractivity contribution is 5.97. The van der Waals surface area contributed by atoms with Gasteiger partial charge in [0.2, 0.25) is 5.91 Å². The summed E-state index contributed by atoms with van der Waals surface area (Å²) >= 11 is 0. The van der Waals surface area contributed by atoms with E-state index in [1.165, 1.54) is 18.2 Å². The number of amides is 1. The fourth-order valence-electron chi connectivity index (χ4n) is 5.34. The Bertz CT molecular complexity index is 1080. The Morgan fingerprint density at radius 1 is 1.00 bits per heavy atom. The molecule has 1 saturated carbocycles. The van der Waals surface area contributed by atoms with E-state index in [2.05, 4.69) is 11.8 Å². The number of benzene rings is 2. The lowest BCUT2D eigenvalue weighted by atomic mass is 9.95. The van der Waals surface area contributed by atoms with Crippen LogP contribution in [-0.2, 0) is 17.8 Å². The van der Waals surface area contributed by atoms with Gasteiger partial charge in [0, 0.05) is 50.1 Å². The van der Waals surface area contributed by atoms with Gasteiger partial charge >= 0.3 is 0 Å². The third-order valence-electron chi connectivity index (χ3n) is 7.53. The van der Waals surface area contributed by atoms with Crippen molar-refractivity contribution in [2.24, 2.45) is 5.92 Å². The van der Waals surface area contributed by atoms with Crippen LogP contribution in [0.4, 0.5) is 8.78 Å². The summed E-state index contributed by atoms with van der Waals surface area (Å²) in [5.74, 6) is -0.545. The molecule has 4 rings (SSSR count). The summed E-state index contributed by atoms with van der Waals surface area (Å²) in [7, 11) is 0. The second-order valence-corrected chi connectivity index (χ2v) is 10.0. The molecule has 1 atom stereocenters. The largest absolute Gasteiger partial charge is 0.337 e. The summed E-state index contributed by atoms with van der Waals surface area (Å²) in [4.78, 5) is 29.9. The average Bonchev–Trinajstić information content (AvgIpc) is 3.33. The second kappa shape index (κ2) is 10.3. The van der Waals surface area contributed by atoms with Crippen molar-refractivity contribution in [1.82, 2.24) is 9.80 Å². The van der Waals surface area contributed by atoms with E-state index in [-0.39, 0.29) is 30.0 Å². The summed E-state index contributed by atoms with van der Waals surface area (Å²) in [6, 6.07) is 7.51. The molecule has 6 heteroatoms. The number of hydrogen-bond acceptors (Lipinski definition) is 3. The molecule has 2 aromatic carbocycles. The van der Waals surface area contributed by atoms with Gasteiger partial charge in [0.15, 0.2) is 5.78 Å². The first-order chi connectivity index (χ1) is 16.2. The number of hydrogen-bond donors (Lipinski definition) is 0. The van der Waals surface area contributed by atoms with E-state index < -0.39 is 5.82 Å². The summed E-state index contributed by atoms with van der Waals surface area (Å²) in [6.45, 7) is 8.40. The lowest BCUT2D eigenvalue weighted by molar-refractivity contribution is -0.140. The number of rotatable bonds is 6. The van der Waals surface area contributed by atoms with Crippen LogP contribution in [0.15, 0.2) is 30.3 Å². The molecule has 1 amide bonds. The molecule has 1 saturated heterocycles. The summed E-state index contributed by atoms with van der Waals surface area (Å²) in [6.07, 6.45) is 4.33. The fourth-order valence-corrected chi connectivity index (χ4v) is 5.34. The van der Waals surface area contributed by atoms with E-state index in [0.717, 1.165) is 49.9 Å². The number of aryl methyl sites for hydroxylation is 1. The Morgan fingerprint density at radius 2 is 1.71 bits per heavy atom. The minimum Gasteiger partial charge on any atom is -0.337 e. The van der Waals surface area contributed by atoms with E-state index in [0.29, 0.717) is 35.7 Å². The number of carbonyl (C=O) groups excluding carboxylic acids is 2. The van der Waals surface area contributed by atoms with Gasteiger partial charge < -0.3 is 4.90 Å². The first kappa shape index (κ1) is 24.5. The molecule has 0 aromatic heterocycles. The molecule has 1 aliphatic carbocycles. The van der Waals surface area contributed by atoms with Crippen LogP contribution in [0.1, 0.15) is 65.2 Å². The smallest absolute Gasteiger partial charge is 0.226 e. The van der Waals surface area contributed by atoms with Crippen LogP contribution in [0.5, 0.6) is 0 Å². The van der Waals surface area contributed by atoms with Gasteiger partial charge in [0.1, 0.15) is 11.6 Å². The molecule has 182 valence electrons. The van der Waals surface area contributed by atoms with Crippen LogP contribution in [0.3, 0.4) is 0 Å². The van der Waals surface area contributed by atoms with Gasteiger partial charge in [-0.2, -0.15) is 0 Å². The molecule has 2 aromatic rings. The first-order valence-corrected chi connectivity index (χ1v) is 12.3. The van der Waals surface area contributed by atoms with E-state index in [1.807, 2.05) is 11.8 Å². The van der Waals surface area contributed by atoms with Gasteiger partial charge in [-0.25, -0.2) is 8.78 Å². The Kier molecular flexibility index (Phi) is 7.46. The molecule has 1 heterocycles. The monoisotopic (exact) mass is 468 g/mol. The van der Waals surface area contributed by atoms with Crippen molar-refractivity contribution in [3.8, 4) is 0 Å². The van der Waals surface area contributed by atoms with Crippen LogP contribution in [0.2, 0.25) is 0 Å². The van der Waals surface area contributed by atoms with Crippen molar-refractivity contribution in [3.63, 3.8) is 0 Å². The molecule has 0 spiro atoms. The lowest BCUT2D eigenvalue weighted by Gasteiger charge is -2.41. The number of carbonyl (C=O) groups is 2. The number of piperazine rings is 1. The third-order valence-corrected chi connectivity index (χ3v) is 7.53. The van der Waals surface area contributed by atoms with E-state index in [4.69, 9.17) is 0 Å². The molecule has 34 heavy (non-hydrogen) atoms. The van der Waals surface area contributed by atoms with Crippen LogP contribution >= 0.6 is 0 Å². The Hall–Kier alpha value is -2.60. The van der Waals surface area contributed by atoms with Crippen LogP contribution in [0, 0.1) is 31.4 Å². The van der Waals surface area contributed by atoms with Crippen molar-refractivity contribution < 1.29 is 18.4 Å². The molecular weight excluding hydrogens is 434 g/mol. The van der Waals surface area contributed by atoms with Gasteiger partial charge in [-0.15, -0.1) is 0 Å². The van der Waals surface area contributed by atoms with Crippen molar-refractivity contribution >= 4 is 11.7 Å². The number of nitrogens with zero attached hydrogens (tertiary/aromatic N) is 2. The highest BCUT2D eigenvalue weighted by atomic mass is 19.1. The predicted molar refractivity (Wildman–Crippen MR) is 129 cm³/mol. The van der Waals surface area contributed by atoms with Gasteiger partial charge in [0.05, 0.1) is 0 Å². The van der Waals surface area contributed by atoms with Gasteiger partial charge in [0.25, 0.3) is 0 Å². The van der Waals surface area contributed by atoms with Crippen molar-refractivity contribution in [3.05, 3.63) is 69.8 Å². The molecule has 2 fully saturated rings. The average molecular weight is 469 g/mol. The van der Waals surface area contributed by atoms with Crippen LogP contribution in [0.25, 0.3) is 0 Å². The lowest BCUT2D eigenvalue weighted by Crippen LogP contribution is -2.54. The molecule has 0 radical (unpaired) electrons. The predicted octanol–water partition coefficient (Wildman–Crippen LogP) is 5.23. The standard InChI is InChI=1S/C28H34F2N2O2/c1-18-8-9-22(14-26(18)30)27(33)15-23-12-25(29)13-24(20(23)3)17-31-10-11-32(19(2)16-31)28(34)21-6-4-5-7-21/h8-9,12-14,19,21H,4-7,10-11,15-17H2,1-3H3/t19-/m0/s1. The maximum absolute atomic E-state index is 14.5. The Morgan fingerprint density at radius 3 is 2.38 bits per heavy atom. The zero-order valence-electron chi connectivity index (χ0n) is 20.4. The SMILES string of the molecule is Cc1ccc(C(=O)Cc2cc(F)cc(CN3CCN(C(=O)C4CCCC4)[C@@H](C)C3)c2C)cc1F. The zero-order valence-corrected chi connectivity index (χ0v) is 20.4. The van der Waals surface area contributed by atoms with Crippen LogP contribution in [-0.4, -0.2) is 47.2 Å². The fraction of sp³-hybridized carbons (Fsp3) is 0.500. The maximum Gasteiger partial charge on any atom is 0.226 e. The van der Waals surface area contributed by atoms with E-state index >= 15 is 0 Å². The second-order valence-electron chi connectivity index (χ2n) is 10.0. The van der Waals surface area contributed by atoms with Gasteiger partial charge in [-0.05, 0) is 74.1 Å². The summed E-state index contributed by atoms with van der Waals surface area (Å²) in [5, 5.41) is 0. The maximum atomic E-state index is 14.5. The molecule has 0 unspecified atom stereocenters. The quantitative estimate of drug-likeness (QED) is 0.545. The Labute approximate surface area is 200 Å². The highest BCUT2D eigenvalue weighted by Gasteiger charge is 2.33. The number of halogens is 2. The van der Waals surface area contributed by atoms with Crippen molar-refractivity contribution in [1.29, 1.82) is 0 Å². The molecule has 1 aliphatic heterocycles. The number of Topliss-reactive ketones (excluding diaryl/α,β-unsaturated/α-hetero) is 1. The molecular formula is C28H34F2N2O2. The minimum atomic E-state index is -0.415. The van der Waals surface area contributed by atoms with E-state index in [9.17, 15) is 18.4 Å². The summed E-state index contributed by atoms with van der Waals surface area (Å²) in [5.41, 5.74) is 3.15. The molecule has 0 bridgehead atoms. The van der Waals surface area contributed by atoms with Gasteiger partial charge in [-0.3, -0.25) is 14.5 Å². The van der Waals surface area contributed by atoms with Crippen molar-refractivity contribution in [2.45, 2.75) is 65.5 Å². The molecule has 2 aliphatic rings. The third kappa shape index (κ3) is 5.38. The summed E-state index contributed by atoms with van der Waals surface area (Å²) < 4.78 is 28.4.